The highest BCUT2D eigenvalue weighted by atomic mass is 79.9. The van der Waals surface area contributed by atoms with Gasteiger partial charge in [-0.15, -0.1) is 0 Å². The fourth-order valence-corrected chi connectivity index (χ4v) is 1.84. The maximum Gasteiger partial charge on any atom is 0.123 e. The second kappa shape index (κ2) is 4.12. The van der Waals surface area contributed by atoms with Crippen LogP contribution in [0.2, 0.25) is 0 Å². The predicted octanol–water partition coefficient (Wildman–Crippen LogP) is 2.44. The minimum atomic E-state index is -0.260. The average molecular weight is 270 g/mol. The summed E-state index contributed by atoms with van der Waals surface area (Å²) in [5.41, 5.74) is 7.05. The number of hydrogen-bond donors (Lipinski definition) is 2. The predicted molar refractivity (Wildman–Crippen MR) is 59.6 cm³/mol. The third-order valence-corrected chi connectivity index (χ3v) is 2.59. The second-order valence-electron chi connectivity index (χ2n) is 3.06. The first-order valence-corrected chi connectivity index (χ1v) is 5.20. The molecule has 3 N–H and O–H groups in total. The quantitative estimate of drug-likeness (QED) is 0.880. The van der Waals surface area contributed by atoms with Crippen molar-refractivity contribution in [1.82, 2.24) is 9.97 Å². The van der Waals surface area contributed by atoms with E-state index in [1.54, 1.807) is 12.1 Å². The summed E-state index contributed by atoms with van der Waals surface area (Å²) in [4.78, 5) is 7.27. The van der Waals surface area contributed by atoms with Crippen LogP contribution < -0.4 is 5.73 Å². The van der Waals surface area contributed by atoms with Gasteiger partial charge in [0.2, 0.25) is 0 Å². The SMILES string of the molecule is NCc1nc(-c2ccc(F)cc2)c(Br)[nH]1. The molecule has 1 heterocycles. The van der Waals surface area contributed by atoms with Gasteiger partial charge in [-0.2, -0.15) is 0 Å². The number of benzene rings is 1. The lowest BCUT2D eigenvalue weighted by molar-refractivity contribution is 0.628. The first kappa shape index (κ1) is 10.3. The van der Waals surface area contributed by atoms with Crippen molar-refractivity contribution in [3.63, 3.8) is 0 Å². The van der Waals surface area contributed by atoms with Crippen LogP contribution in [0, 0.1) is 5.82 Å². The lowest BCUT2D eigenvalue weighted by atomic mass is 10.2. The van der Waals surface area contributed by atoms with E-state index in [1.165, 1.54) is 12.1 Å². The van der Waals surface area contributed by atoms with Gasteiger partial charge in [0.25, 0.3) is 0 Å². The molecule has 0 saturated heterocycles. The van der Waals surface area contributed by atoms with Gasteiger partial charge in [0.05, 0.1) is 6.54 Å². The molecule has 0 aliphatic rings. The highest BCUT2D eigenvalue weighted by Gasteiger charge is 2.08. The molecule has 0 radical (unpaired) electrons. The lowest BCUT2D eigenvalue weighted by Crippen LogP contribution is -1.97. The highest BCUT2D eigenvalue weighted by molar-refractivity contribution is 9.10. The Labute approximate surface area is 94.7 Å². The van der Waals surface area contributed by atoms with Gasteiger partial charge < -0.3 is 10.7 Å². The molecule has 2 rings (SSSR count). The fourth-order valence-electron chi connectivity index (χ4n) is 1.29. The van der Waals surface area contributed by atoms with Gasteiger partial charge in [0, 0.05) is 5.56 Å². The number of imidazole rings is 1. The van der Waals surface area contributed by atoms with Gasteiger partial charge in [-0.05, 0) is 40.2 Å². The van der Waals surface area contributed by atoms with Crippen LogP contribution >= 0.6 is 15.9 Å². The first-order valence-electron chi connectivity index (χ1n) is 4.41. The summed E-state index contributed by atoms with van der Waals surface area (Å²) in [5.74, 6) is 0.436. The van der Waals surface area contributed by atoms with Crippen LogP contribution in [0.3, 0.4) is 0 Å². The Hall–Kier alpha value is -1.20. The van der Waals surface area contributed by atoms with E-state index < -0.39 is 0 Å². The minimum Gasteiger partial charge on any atom is -0.335 e. The fraction of sp³-hybridized carbons (Fsp3) is 0.100. The van der Waals surface area contributed by atoms with E-state index in [1.807, 2.05) is 0 Å². The van der Waals surface area contributed by atoms with Crippen LogP contribution in [0.1, 0.15) is 5.82 Å². The molecular formula is C10H9BrFN3. The number of nitrogens with two attached hydrogens (primary N) is 1. The topological polar surface area (TPSA) is 54.7 Å². The number of nitrogens with one attached hydrogen (secondary N) is 1. The minimum absolute atomic E-state index is 0.260. The maximum absolute atomic E-state index is 12.7. The van der Waals surface area contributed by atoms with E-state index in [-0.39, 0.29) is 5.82 Å². The summed E-state index contributed by atoms with van der Waals surface area (Å²) < 4.78 is 13.5. The second-order valence-corrected chi connectivity index (χ2v) is 3.85. The molecule has 0 fully saturated rings. The number of H-pyrrole nitrogens is 1. The van der Waals surface area contributed by atoms with Crippen LogP contribution in [0.15, 0.2) is 28.9 Å². The van der Waals surface area contributed by atoms with Gasteiger partial charge >= 0.3 is 0 Å². The molecule has 0 atom stereocenters. The number of nitrogens with zero attached hydrogens (tertiary/aromatic N) is 1. The van der Waals surface area contributed by atoms with Crippen molar-refractivity contribution in [2.75, 3.05) is 0 Å². The zero-order valence-corrected chi connectivity index (χ0v) is 9.38. The Bertz CT molecular complexity index is 464. The van der Waals surface area contributed by atoms with Gasteiger partial charge in [0.1, 0.15) is 21.9 Å². The van der Waals surface area contributed by atoms with Gasteiger partial charge in [-0.25, -0.2) is 9.37 Å². The molecule has 0 aliphatic carbocycles. The Morgan fingerprint density at radius 2 is 2.00 bits per heavy atom. The van der Waals surface area contributed by atoms with Crippen molar-refractivity contribution in [3.8, 4) is 11.3 Å². The molecule has 1 aromatic heterocycles. The number of hydrogen-bond acceptors (Lipinski definition) is 2. The van der Waals surface area contributed by atoms with Crippen LogP contribution in [0.25, 0.3) is 11.3 Å². The smallest absolute Gasteiger partial charge is 0.123 e. The van der Waals surface area contributed by atoms with E-state index in [4.69, 9.17) is 5.73 Å². The summed E-state index contributed by atoms with van der Waals surface area (Å²) in [5, 5.41) is 0. The van der Waals surface area contributed by atoms with Gasteiger partial charge in [-0.1, -0.05) is 0 Å². The molecule has 0 bridgehead atoms. The maximum atomic E-state index is 12.7. The van der Waals surface area contributed by atoms with Gasteiger partial charge in [0.15, 0.2) is 0 Å². The summed E-state index contributed by atoms with van der Waals surface area (Å²) in [7, 11) is 0. The van der Waals surface area contributed by atoms with E-state index in [0.29, 0.717) is 12.4 Å². The standard InChI is InChI=1S/C10H9BrFN3/c11-10-9(14-8(5-13)15-10)6-1-3-7(12)4-2-6/h1-4H,5,13H2,(H,14,15). The van der Waals surface area contributed by atoms with Crippen molar-refractivity contribution in [2.45, 2.75) is 6.54 Å². The van der Waals surface area contributed by atoms with Crippen LogP contribution in [0.4, 0.5) is 4.39 Å². The molecule has 0 saturated carbocycles. The molecule has 0 spiro atoms. The molecule has 3 nitrogen and oxygen atoms in total. The molecule has 78 valence electrons. The van der Waals surface area contributed by atoms with E-state index in [0.717, 1.165) is 15.9 Å². The Morgan fingerprint density at radius 1 is 1.33 bits per heavy atom. The molecule has 0 unspecified atom stereocenters. The Morgan fingerprint density at radius 3 is 2.53 bits per heavy atom. The van der Waals surface area contributed by atoms with E-state index in [2.05, 4.69) is 25.9 Å². The lowest BCUT2D eigenvalue weighted by Gasteiger charge is -1.96. The molecule has 0 aliphatic heterocycles. The van der Waals surface area contributed by atoms with Crippen molar-refractivity contribution < 1.29 is 4.39 Å². The van der Waals surface area contributed by atoms with Crippen molar-refractivity contribution in [1.29, 1.82) is 0 Å². The number of aromatic nitrogens is 2. The zero-order chi connectivity index (χ0) is 10.8. The molecule has 0 amide bonds. The third-order valence-electron chi connectivity index (χ3n) is 2.02. The Kier molecular flexibility index (Phi) is 2.83. The van der Waals surface area contributed by atoms with Crippen molar-refractivity contribution in [2.24, 2.45) is 5.73 Å². The molecule has 15 heavy (non-hydrogen) atoms. The monoisotopic (exact) mass is 269 g/mol. The van der Waals surface area contributed by atoms with Crippen molar-refractivity contribution in [3.05, 3.63) is 40.5 Å². The molecule has 1 aromatic carbocycles. The van der Waals surface area contributed by atoms with E-state index >= 15 is 0 Å². The normalized spacial score (nSPS) is 10.6. The largest absolute Gasteiger partial charge is 0.335 e. The first-order chi connectivity index (χ1) is 7.20. The number of aromatic amines is 1. The van der Waals surface area contributed by atoms with E-state index in [9.17, 15) is 4.39 Å². The van der Waals surface area contributed by atoms with Crippen LogP contribution in [-0.4, -0.2) is 9.97 Å². The summed E-state index contributed by atoms with van der Waals surface area (Å²) in [6, 6.07) is 6.16. The molecule has 2 aromatic rings. The number of rotatable bonds is 2. The molecule has 5 heteroatoms. The van der Waals surface area contributed by atoms with Gasteiger partial charge in [-0.3, -0.25) is 0 Å². The summed E-state index contributed by atoms with van der Waals surface area (Å²) in [6.07, 6.45) is 0. The highest BCUT2D eigenvalue weighted by Crippen LogP contribution is 2.25. The van der Waals surface area contributed by atoms with Crippen molar-refractivity contribution >= 4 is 15.9 Å². The third kappa shape index (κ3) is 2.08. The van der Waals surface area contributed by atoms with Crippen LogP contribution in [-0.2, 0) is 6.54 Å². The summed E-state index contributed by atoms with van der Waals surface area (Å²) in [6.45, 7) is 0.347. The number of halogens is 2. The average Bonchev–Trinajstić information content (AvgIpc) is 2.61. The summed E-state index contributed by atoms with van der Waals surface area (Å²) >= 11 is 3.35. The zero-order valence-electron chi connectivity index (χ0n) is 7.80. The van der Waals surface area contributed by atoms with Crippen LogP contribution in [0.5, 0.6) is 0 Å². The molecular weight excluding hydrogens is 261 g/mol. The Balaban J connectivity index is 2.44.